The number of carboxylic acids is 1. The molecule has 0 saturated heterocycles. The second-order valence-corrected chi connectivity index (χ2v) is 6.60. The summed E-state index contributed by atoms with van der Waals surface area (Å²) in [6.45, 7) is 6.14. The van der Waals surface area contributed by atoms with Crippen molar-refractivity contribution in [1.29, 1.82) is 0 Å². The zero-order valence-electron chi connectivity index (χ0n) is 12.6. The number of rotatable bonds is 5. The van der Waals surface area contributed by atoms with Crippen LogP contribution in [0.15, 0.2) is 47.4 Å². The molecule has 0 aromatic heterocycles. The van der Waals surface area contributed by atoms with Gasteiger partial charge in [0, 0.05) is 4.90 Å². The van der Waals surface area contributed by atoms with E-state index < -0.39 is 11.2 Å². The molecule has 21 heavy (non-hydrogen) atoms. The maximum absolute atomic E-state index is 11.6. The van der Waals surface area contributed by atoms with Crippen molar-refractivity contribution < 1.29 is 9.90 Å². The molecule has 2 rings (SSSR count). The summed E-state index contributed by atoms with van der Waals surface area (Å²) in [7, 11) is 0. The molecular formula is C18H20O2S. The highest BCUT2D eigenvalue weighted by atomic mass is 32.2. The number of carboxylic acid groups (broad SMARTS) is 1. The van der Waals surface area contributed by atoms with Gasteiger partial charge < -0.3 is 5.11 Å². The van der Waals surface area contributed by atoms with E-state index in [1.807, 2.05) is 43.3 Å². The Kier molecular flexibility index (Phi) is 5.07. The van der Waals surface area contributed by atoms with Gasteiger partial charge in [-0.1, -0.05) is 35.9 Å². The molecule has 1 atom stereocenters. The largest absolute Gasteiger partial charge is 0.480 e. The van der Waals surface area contributed by atoms with Crippen molar-refractivity contribution in [2.24, 2.45) is 0 Å². The number of aryl methyl sites for hydroxylation is 2. The Bertz CT molecular complexity index is 632. The highest BCUT2D eigenvalue weighted by molar-refractivity contribution is 8.00. The molecule has 0 spiro atoms. The summed E-state index contributed by atoms with van der Waals surface area (Å²) in [6.07, 6.45) is 0.543. The molecule has 110 valence electrons. The van der Waals surface area contributed by atoms with Gasteiger partial charge in [-0.05, 0) is 56.0 Å². The fourth-order valence-electron chi connectivity index (χ4n) is 2.19. The lowest BCUT2D eigenvalue weighted by molar-refractivity contribution is -0.136. The summed E-state index contributed by atoms with van der Waals surface area (Å²) in [5.41, 5.74) is 4.69. The van der Waals surface area contributed by atoms with Gasteiger partial charge in [0.2, 0.25) is 0 Å². The van der Waals surface area contributed by atoms with Gasteiger partial charge in [0.1, 0.15) is 5.25 Å². The van der Waals surface area contributed by atoms with Crippen LogP contribution in [-0.4, -0.2) is 16.3 Å². The zero-order chi connectivity index (χ0) is 15.4. The summed E-state index contributed by atoms with van der Waals surface area (Å²) < 4.78 is 0. The Balaban J connectivity index is 2.18. The molecule has 2 aromatic rings. The molecule has 3 heteroatoms. The molecule has 0 unspecified atom stereocenters. The summed E-state index contributed by atoms with van der Waals surface area (Å²) in [4.78, 5) is 12.5. The third-order valence-electron chi connectivity index (χ3n) is 3.70. The number of aliphatic carboxylic acids is 1. The minimum atomic E-state index is -0.763. The molecule has 2 aromatic carbocycles. The topological polar surface area (TPSA) is 37.3 Å². The van der Waals surface area contributed by atoms with Gasteiger partial charge in [-0.15, -0.1) is 11.8 Å². The van der Waals surface area contributed by atoms with E-state index in [9.17, 15) is 9.90 Å². The summed E-state index contributed by atoms with van der Waals surface area (Å²) in [5, 5.41) is 9.03. The molecule has 0 heterocycles. The number of benzene rings is 2. The lowest BCUT2D eigenvalue weighted by atomic mass is 10.00. The minimum Gasteiger partial charge on any atom is -0.480 e. The molecule has 0 saturated carbocycles. The monoisotopic (exact) mass is 300 g/mol. The number of hydrogen-bond donors (Lipinski definition) is 1. The molecular weight excluding hydrogens is 280 g/mol. The maximum atomic E-state index is 11.6. The first-order chi connectivity index (χ1) is 9.97. The first kappa shape index (κ1) is 15.6. The highest BCUT2D eigenvalue weighted by Gasteiger charge is 2.20. The van der Waals surface area contributed by atoms with Crippen molar-refractivity contribution >= 4 is 17.7 Å². The second kappa shape index (κ2) is 6.81. The molecule has 0 aliphatic heterocycles. The van der Waals surface area contributed by atoms with Crippen LogP contribution in [0, 0.1) is 20.8 Å². The smallest absolute Gasteiger partial charge is 0.317 e. The van der Waals surface area contributed by atoms with Crippen LogP contribution in [0.3, 0.4) is 0 Å². The Morgan fingerprint density at radius 2 is 1.76 bits per heavy atom. The van der Waals surface area contributed by atoms with Crippen LogP contribution in [0.2, 0.25) is 0 Å². The molecule has 0 amide bonds. The van der Waals surface area contributed by atoms with Crippen LogP contribution in [0.4, 0.5) is 0 Å². The fourth-order valence-corrected chi connectivity index (χ4v) is 3.18. The molecule has 0 fully saturated rings. The Morgan fingerprint density at radius 1 is 1.10 bits per heavy atom. The van der Waals surface area contributed by atoms with E-state index in [0.717, 1.165) is 10.5 Å². The Morgan fingerprint density at radius 3 is 2.38 bits per heavy atom. The van der Waals surface area contributed by atoms with E-state index in [-0.39, 0.29) is 0 Å². The second-order valence-electron chi connectivity index (χ2n) is 5.32. The molecule has 2 nitrogen and oxygen atoms in total. The van der Waals surface area contributed by atoms with Crippen molar-refractivity contribution in [3.8, 4) is 0 Å². The van der Waals surface area contributed by atoms with Crippen molar-refractivity contribution in [2.45, 2.75) is 37.3 Å². The average molecular weight is 300 g/mol. The lowest BCUT2D eigenvalue weighted by Gasteiger charge is -2.15. The molecule has 0 aliphatic rings. The fraction of sp³-hybridized carbons (Fsp3) is 0.278. The normalized spacial score (nSPS) is 12.1. The van der Waals surface area contributed by atoms with Gasteiger partial charge >= 0.3 is 5.97 Å². The van der Waals surface area contributed by atoms with E-state index in [2.05, 4.69) is 19.9 Å². The van der Waals surface area contributed by atoms with Crippen LogP contribution in [0.25, 0.3) is 0 Å². The predicted molar refractivity (Wildman–Crippen MR) is 88.1 cm³/mol. The maximum Gasteiger partial charge on any atom is 0.317 e. The predicted octanol–water partition coefficient (Wildman–Crippen LogP) is 4.40. The Hall–Kier alpha value is -1.74. The van der Waals surface area contributed by atoms with Gasteiger partial charge in [0.15, 0.2) is 0 Å². The van der Waals surface area contributed by atoms with E-state index in [1.165, 1.54) is 28.5 Å². The summed E-state index contributed by atoms with van der Waals surface area (Å²) in [6, 6.07) is 14.1. The molecule has 1 N–H and O–H groups in total. The van der Waals surface area contributed by atoms with E-state index >= 15 is 0 Å². The third-order valence-corrected chi connectivity index (χ3v) is 4.89. The van der Waals surface area contributed by atoms with E-state index in [4.69, 9.17) is 0 Å². The van der Waals surface area contributed by atoms with Crippen LogP contribution >= 0.6 is 11.8 Å². The van der Waals surface area contributed by atoms with Crippen LogP contribution in [0.5, 0.6) is 0 Å². The minimum absolute atomic E-state index is 0.465. The number of carbonyl (C=O) groups is 1. The third kappa shape index (κ3) is 4.11. The summed E-state index contributed by atoms with van der Waals surface area (Å²) >= 11 is 1.42. The quantitative estimate of drug-likeness (QED) is 0.832. The van der Waals surface area contributed by atoms with Gasteiger partial charge in [-0.3, -0.25) is 4.79 Å². The van der Waals surface area contributed by atoms with Crippen molar-refractivity contribution in [1.82, 2.24) is 0 Å². The first-order valence-electron chi connectivity index (χ1n) is 6.98. The first-order valence-corrected chi connectivity index (χ1v) is 7.86. The molecule has 0 bridgehead atoms. The van der Waals surface area contributed by atoms with Crippen molar-refractivity contribution in [2.75, 3.05) is 0 Å². The Labute approximate surface area is 130 Å². The molecule has 0 aliphatic carbocycles. The van der Waals surface area contributed by atoms with Crippen molar-refractivity contribution in [3.63, 3.8) is 0 Å². The van der Waals surface area contributed by atoms with Crippen LogP contribution in [0.1, 0.15) is 22.3 Å². The zero-order valence-corrected chi connectivity index (χ0v) is 13.4. The van der Waals surface area contributed by atoms with Crippen LogP contribution in [-0.2, 0) is 11.2 Å². The van der Waals surface area contributed by atoms with E-state index in [0.29, 0.717) is 6.42 Å². The van der Waals surface area contributed by atoms with Crippen molar-refractivity contribution in [3.05, 3.63) is 64.7 Å². The SMILES string of the molecule is Cc1ccc(S[C@H](Cc2cccc(C)c2C)C(=O)O)cc1. The van der Waals surface area contributed by atoms with E-state index in [1.54, 1.807) is 0 Å². The molecule has 0 radical (unpaired) electrons. The lowest BCUT2D eigenvalue weighted by Crippen LogP contribution is -2.19. The van der Waals surface area contributed by atoms with Gasteiger partial charge in [0.25, 0.3) is 0 Å². The average Bonchev–Trinajstić information content (AvgIpc) is 2.45. The number of thioether (sulfide) groups is 1. The van der Waals surface area contributed by atoms with Gasteiger partial charge in [-0.2, -0.15) is 0 Å². The highest BCUT2D eigenvalue weighted by Crippen LogP contribution is 2.27. The standard InChI is InChI=1S/C18H20O2S/c1-12-7-9-16(10-8-12)21-17(18(19)20)11-15-6-4-5-13(2)14(15)3/h4-10,17H,11H2,1-3H3,(H,19,20)/t17-/m1/s1. The van der Waals surface area contributed by atoms with Gasteiger partial charge in [0.05, 0.1) is 0 Å². The summed E-state index contributed by atoms with van der Waals surface area (Å²) in [5.74, 6) is -0.763. The van der Waals surface area contributed by atoms with Gasteiger partial charge in [-0.25, -0.2) is 0 Å². The van der Waals surface area contributed by atoms with Crippen LogP contribution < -0.4 is 0 Å². The number of hydrogen-bond acceptors (Lipinski definition) is 2.